The van der Waals surface area contributed by atoms with Gasteiger partial charge < -0.3 is 5.73 Å². The van der Waals surface area contributed by atoms with Crippen LogP contribution in [0.2, 0.25) is 0 Å². The summed E-state index contributed by atoms with van der Waals surface area (Å²) in [6.45, 7) is 1.78. The lowest BCUT2D eigenvalue weighted by Crippen LogP contribution is -2.37. The van der Waals surface area contributed by atoms with Crippen molar-refractivity contribution in [1.82, 2.24) is 4.72 Å². The van der Waals surface area contributed by atoms with Crippen molar-refractivity contribution in [2.24, 2.45) is 5.73 Å². The molecule has 19 heavy (non-hydrogen) atoms. The largest absolute Gasteiger partial charge is 0.327 e. The molecule has 0 heterocycles. The summed E-state index contributed by atoms with van der Waals surface area (Å²) < 4.78 is 64.5. The molecule has 1 rings (SSSR count). The highest BCUT2D eigenvalue weighted by Crippen LogP contribution is 2.18. The minimum Gasteiger partial charge on any atom is -0.327 e. The highest BCUT2D eigenvalue weighted by atomic mass is 32.2. The van der Waals surface area contributed by atoms with Crippen molar-refractivity contribution in [2.45, 2.75) is 30.7 Å². The van der Waals surface area contributed by atoms with Gasteiger partial charge in [-0.25, -0.2) is 26.3 Å². The zero-order valence-corrected chi connectivity index (χ0v) is 11.1. The van der Waals surface area contributed by atoms with Gasteiger partial charge in [-0.3, -0.25) is 0 Å². The Hall–Kier alpha value is -1.12. The quantitative estimate of drug-likeness (QED) is 0.782. The lowest BCUT2D eigenvalue weighted by molar-refractivity contribution is 0.480. The average Bonchev–Trinajstić information content (AvgIpc) is 2.31. The van der Waals surface area contributed by atoms with E-state index in [-0.39, 0.29) is 12.6 Å². The third-order valence-electron chi connectivity index (χ3n) is 2.46. The smallest absolute Gasteiger partial charge is 0.243 e. The van der Waals surface area contributed by atoms with Crippen LogP contribution in [0.3, 0.4) is 0 Å². The number of hydrogen-bond acceptors (Lipinski definition) is 3. The minimum absolute atomic E-state index is 0.103. The topological polar surface area (TPSA) is 72.2 Å². The van der Waals surface area contributed by atoms with Crippen LogP contribution < -0.4 is 10.5 Å². The van der Waals surface area contributed by atoms with Gasteiger partial charge in [0.1, 0.15) is 10.7 Å². The molecule has 0 radical (unpaired) electrons. The zero-order chi connectivity index (χ0) is 14.6. The number of hydrogen-bond donors (Lipinski definition) is 2. The molecular formula is C11H15F3N2O2S. The van der Waals surface area contributed by atoms with Crippen LogP contribution in [-0.4, -0.2) is 21.0 Å². The summed E-state index contributed by atoms with van der Waals surface area (Å²) in [7, 11) is -4.26. The molecule has 0 spiro atoms. The number of benzene rings is 1. The fraction of sp³-hybridized carbons (Fsp3) is 0.455. The summed E-state index contributed by atoms with van der Waals surface area (Å²) in [5.41, 5.74) is 5.61. The lowest BCUT2D eigenvalue weighted by Gasteiger charge is -2.12. The molecule has 0 aromatic heterocycles. The SMILES string of the molecule is CCC[C@H](N)CNS(=O)(=O)c1cc(F)c(F)cc1F. The van der Waals surface area contributed by atoms with Gasteiger partial charge in [-0.1, -0.05) is 13.3 Å². The van der Waals surface area contributed by atoms with E-state index in [4.69, 9.17) is 5.73 Å². The monoisotopic (exact) mass is 296 g/mol. The summed E-state index contributed by atoms with van der Waals surface area (Å²) >= 11 is 0. The van der Waals surface area contributed by atoms with Crippen molar-refractivity contribution in [3.05, 3.63) is 29.6 Å². The Balaban J connectivity index is 2.92. The molecular weight excluding hydrogens is 281 g/mol. The Morgan fingerprint density at radius 2 is 1.79 bits per heavy atom. The molecule has 0 amide bonds. The standard InChI is InChI=1S/C11H15F3N2O2S/c1-2-3-7(15)6-16-19(17,18)11-5-9(13)8(12)4-10(11)14/h4-5,7,16H,2-3,6,15H2,1H3/t7-/m0/s1. The number of sulfonamides is 1. The molecule has 4 nitrogen and oxygen atoms in total. The van der Waals surface area contributed by atoms with Crippen molar-refractivity contribution in [3.8, 4) is 0 Å². The molecule has 0 aliphatic carbocycles. The van der Waals surface area contributed by atoms with E-state index in [0.29, 0.717) is 12.5 Å². The van der Waals surface area contributed by atoms with E-state index in [1.165, 1.54) is 0 Å². The van der Waals surface area contributed by atoms with Crippen molar-refractivity contribution in [1.29, 1.82) is 0 Å². The second-order valence-corrected chi connectivity index (χ2v) is 5.83. The molecule has 1 aromatic rings. The second kappa shape index (κ2) is 6.36. The Kier molecular flexibility index (Phi) is 5.33. The highest BCUT2D eigenvalue weighted by Gasteiger charge is 2.22. The Morgan fingerprint density at radius 3 is 2.37 bits per heavy atom. The first-order valence-electron chi connectivity index (χ1n) is 5.67. The summed E-state index contributed by atoms with van der Waals surface area (Å²) in [6.07, 6.45) is 1.35. The number of halogens is 3. The lowest BCUT2D eigenvalue weighted by atomic mass is 10.2. The van der Waals surface area contributed by atoms with Crippen LogP contribution in [0.1, 0.15) is 19.8 Å². The molecule has 0 aliphatic heterocycles. The van der Waals surface area contributed by atoms with E-state index in [9.17, 15) is 21.6 Å². The third kappa shape index (κ3) is 4.19. The van der Waals surface area contributed by atoms with Gasteiger partial charge in [0.25, 0.3) is 0 Å². The normalized spacial score (nSPS) is 13.5. The highest BCUT2D eigenvalue weighted by molar-refractivity contribution is 7.89. The molecule has 108 valence electrons. The molecule has 0 saturated heterocycles. The zero-order valence-electron chi connectivity index (χ0n) is 10.3. The first-order valence-corrected chi connectivity index (χ1v) is 7.16. The van der Waals surface area contributed by atoms with Gasteiger partial charge in [-0.05, 0) is 12.5 Å². The van der Waals surface area contributed by atoms with E-state index in [1.54, 1.807) is 0 Å². The van der Waals surface area contributed by atoms with E-state index in [1.807, 2.05) is 6.92 Å². The fourth-order valence-corrected chi connectivity index (χ4v) is 2.64. The van der Waals surface area contributed by atoms with Crippen LogP contribution >= 0.6 is 0 Å². The number of rotatable bonds is 6. The Morgan fingerprint density at radius 1 is 1.21 bits per heavy atom. The molecule has 0 bridgehead atoms. The second-order valence-electron chi connectivity index (χ2n) is 4.10. The van der Waals surface area contributed by atoms with Crippen LogP contribution in [0.5, 0.6) is 0 Å². The van der Waals surface area contributed by atoms with Gasteiger partial charge in [0, 0.05) is 18.7 Å². The van der Waals surface area contributed by atoms with E-state index in [0.717, 1.165) is 6.42 Å². The molecule has 3 N–H and O–H groups in total. The van der Waals surface area contributed by atoms with Gasteiger partial charge in [0.2, 0.25) is 10.0 Å². The van der Waals surface area contributed by atoms with E-state index >= 15 is 0 Å². The summed E-state index contributed by atoms with van der Waals surface area (Å²) in [5, 5.41) is 0. The number of nitrogens with one attached hydrogen (secondary N) is 1. The van der Waals surface area contributed by atoms with E-state index < -0.39 is 38.4 Å². The summed E-state index contributed by atoms with van der Waals surface area (Å²) in [6, 6.07) is 0.0712. The van der Waals surface area contributed by atoms with Gasteiger partial charge in [0.05, 0.1) is 0 Å². The summed E-state index contributed by atoms with van der Waals surface area (Å²) in [5.74, 6) is -4.23. The van der Waals surface area contributed by atoms with Crippen molar-refractivity contribution in [2.75, 3.05) is 6.54 Å². The van der Waals surface area contributed by atoms with Crippen molar-refractivity contribution < 1.29 is 21.6 Å². The average molecular weight is 296 g/mol. The first-order chi connectivity index (χ1) is 8.77. The van der Waals surface area contributed by atoms with Gasteiger partial charge in [0.15, 0.2) is 11.6 Å². The van der Waals surface area contributed by atoms with Crippen LogP contribution in [0.4, 0.5) is 13.2 Å². The van der Waals surface area contributed by atoms with Crippen LogP contribution in [0, 0.1) is 17.5 Å². The van der Waals surface area contributed by atoms with Crippen LogP contribution in [0.15, 0.2) is 17.0 Å². The fourth-order valence-electron chi connectivity index (χ4n) is 1.48. The molecule has 8 heteroatoms. The predicted octanol–water partition coefficient (Wildman–Crippen LogP) is 1.51. The third-order valence-corrected chi connectivity index (χ3v) is 3.90. The molecule has 1 atom stereocenters. The van der Waals surface area contributed by atoms with Gasteiger partial charge in [-0.15, -0.1) is 0 Å². The van der Waals surface area contributed by atoms with Crippen molar-refractivity contribution in [3.63, 3.8) is 0 Å². The Bertz CT molecular complexity index is 549. The maximum absolute atomic E-state index is 13.3. The first kappa shape index (κ1) is 15.9. The molecule has 0 fully saturated rings. The Labute approximate surface area is 109 Å². The van der Waals surface area contributed by atoms with Gasteiger partial charge >= 0.3 is 0 Å². The summed E-state index contributed by atoms with van der Waals surface area (Å²) in [4.78, 5) is -0.935. The molecule has 0 aliphatic rings. The maximum Gasteiger partial charge on any atom is 0.243 e. The van der Waals surface area contributed by atoms with Crippen LogP contribution in [0.25, 0.3) is 0 Å². The van der Waals surface area contributed by atoms with Crippen molar-refractivity contribution >= 4 is 10.0 Å². The molecule has 0 saturated carbocycles. The maximum atomic E-state index is 13.3. The molecule has 0 unspecified atom stereocenters. The minimum atomic E-state index is -4.26. The van der Waals surface area contributed by atoms with E-state index in [2.05, 4.69) is 4.72 Å². The van der Waals surface area contributed by atoms with Crippen LogP contribution in [-0.2, 0) is 10.0 Å². The van der Waals surface area contributed by atoms with Gasteiger partial charge in [-0.2, -0.15) is 0 Å². The molecule has 1 aromatic carbocycles. The predicted molar refractivity (Wildman–Crippen MR) is 64.4 cm³/mol. The number of nitrogens with two attached hydrogens (primary N) is 1.